The number of hydrogen-bond donors (Lipinski definition) is 1. The molecular weight excluding hydrogens is 458 g/mol. The van der Waals surface area contributed by atoms with Crippen molar-refractivity contribution in [3.63, 3.8) is 0 Å². The third-order valence-corrected chi connectivity index (χ3v) is 7.49. The van der Waals surface area contributed by atoms with E-state index in [0.29, 0.717) is 4.91 Å². The molecule has 1 amide bonds. The number of carbonyl (C=O) groups excluding carboxylic acids is 1. The molecule has 0 aliphatic carbocycles. The summed E-state index contributed by atoms with van der Waals surface area (Å²) in [4.78, 5) is 21.2. The molecule has 0 atom stereocenters. The second kappa shape index (κ2) is 10.4. The van der Waals surface area contributed by atoms with Gasteiger partial charge in [0.2, 0.25) is 0 Å². The molecule has 6 nitrogen and oxygen atoms in total. The minimum atomic E-state index is -0.239. The Labute approximate surface area is 209 Å². The predicted octanol–water partition coefficient (Wildman–Crippen LogP) is 2.73. The van der Waals surface area contributed by atoms with Gasteiger partial charge in [-0.3, -0.25) is 4.79 Å². The van der Waals surface area contributed by atoms with Crippen molar-refractivity contribution in [1.29, 1.82) is 0 Å². The Bertz CT molecular complexity index is 1210. The highest BCUT2D eigenvalue weighted by Gasteiger charge is 2.33. The van der Waals surface area contributed by atoms with E-state index in [0.717, 1.165) is 36.9 Å². The summed E-state index contributed by atoms with van der Waals surface area (Å²) in [5, 5.41) is 12.5. The van der Waals surface area contributed by atoms with Crippen molar-refractivity contribution in [2.75, 3.05) is 33.3 Å². The molecule has 1 saturated heterocycles. The molecule has 2 aliphatic rings. The summed E-state index contributed by atoms with van der Waals surface area (Å²) < 4.78 is 5.11. The molecule has 35 heavy (non-hydrogen) atoms. The number of benzene rings is 3. The molecule has 3 aromatic carbocycles. The number of methoxy groups -OCH3 is 1. The van der Waals surface area contributed by atoms with Crippen LogP contribution in [0.3, 0.4) is 0 Å². The lowest BCUT2D eigenvalue weighted by Gasteiger charge is -2.37. The number of rotatable bonds is 5. The summed E-state index contributed by atoms with van der Waals surface area (Å²) in [6.45, 7) is 3.56. The molecular formula is C28H27N3O3S. The number of aliphatic imine (C=N–C) groups is 1. The minimum Gasteiger partial charge on any atom is -0.870 e. The van der Waals surface area contributed by atoms with Gasteiger partial charge in [0.15, 0.2) is 5.17 Å². The zero-order valence-corrected chi connectivity index (χ0v) is 20.3. The number of nitrogens with zero attached hydrogens (tertiary/aromatic N) is 2. The van der Waals surface area contributed by atoms with Crippen LogP contribution in [0.15, 0.2) is 88.8 Å². The molecule has 5 rings (SSSR count). The monoisotopic (exact) mass is 485 g/mol. The molecule has 1 fully saturated rings. The number of thioether (sulfide) groups is 1. The van der Waals surface area contributed by atoms with Crippen LogP contribution in [0.25, 0.3) is 6.08 Å². The van der Waals surface area contributed by atoms with E-state index < -0.39 is 0 Å². The van der Waals surface area contributed by atoms with Gasteiger partial charge in [-0.25, -0.2) is 0 Å². The van der Waals surface area contributed by atoms with Crippen molar-refractivity contribution < 1.29 is 19.5 Å². The first-order valence-corrected chi connectivity index (χ1v) is 12.5. The second-order valence-corrected chi connectivity index (χ2v) is 9.63. The van der Waals surface area contributed by atoms with Gasteiger partial charge in [-0.05, 0) is 29.5 Å². The van der Waals surface area contributed by atoms with Gasteiger partial charge in [0.25, 0.3) is 5.91 Å². The van der Waals surface area contributed by atoms with E-state index in [1.54, 1.807) is 18.2 Å². The lowest BCUT2D eigenvalue weighted by molar-refractivity contribution is -0.929. The third kappa shape index (κ3) is 5.11. The van der Waals surface area contributed by atoms with Crippen molar-refractivity contribution in [3.05, 3.63) is 100 Å². The maximum absolute atomic E-state index is 12.6. The Balaban J connectivity index is 1.28. The second-order valence-electron chi connectivity index (χ2n) is 8.62. The highest BCUT2D eigenvalue weighted by molar-refractivity contribution is 8.18. The largest absolute Gasteiger partial charge is 0.870 e. The van der Waals surface area contributed by atoms with E-state index in [-0.39, 0.29) is 23.4 Å². The fraction of sp³-hybridized carbons (Fsp3) is 0.214. The maximum atomic E-state index is 12.6. The van der Waals surface area contributed by atoms with E-state index in [1.165, 1.54) is 41.0 Å². The first-order valence-electron chi connectivity index (χ1n) is 11.7. The maximum Gasteiger partial charge on any atom is 0.286 e. The lowest BCUT2D eigenvalue weighted by atomic mass is 9.96. The van der Waals surface area contributed by atoms with E-state index in [4.69, 9.17) is 4.74 Å². The van der Waals surface area contributed by atoms with E-state index in [1.807, 2.05) is 0 Å². The average molecular weight is 486 g/mol. The van der Waals surface area contributed by atoms with Crippen LogP contribution in [0.4, 0.5) is 0 Å². The summed E-state index contributed by atoms with van der Waals surface area (Å²) in [6, 6.07) is 26.4. The normalized spacial score (nSPS) is 17.8. The van der Waals surface area contributed by atoms with Crippen LogP contribution in [0.5, 0.6) is 11.5 Å². The number of piperazine rings is 1. The van der Waals surface area contributed by atoms with E-state index >= 15 is 0 Å². The summed E-state index contributed by atoms with van der Waals surface area (Å²) >= 11 is 1.40. The molecule has 2 aliphatic heterocycles. The fourth-order valence-corrected chi connectivity index (χ4v) is 5.65. The molecule has 0 aromatic heterocycles. The van der Waals surface area contributed by atoms with Gasteiger partial charge < -0.3 is 19.6 Å². The minimum absolute atomic E-state index is 0.179. The lowest BCUT2D eigenvalue weighted by Crippen LogP contribution is -3.15. The number of amides is 1. The standard InChI is InChI=1S/C28H27N3O3S/c1-34-24-18-20(12-13-23(24)32)19-25-27(33)29-28(35-25)31-16-14-30(15-17-31)26(21-8-4-2-5-9-21)22-10-6-3-7-11-22/h2-13,18-19,26,32H,14-17H2,1H3. The number of amidine groups is 1. The number of quaternary nitrogens is 1. The van der Waals surface area contributed by atoms with Crippen molar-refractivity contribution in [2.45, 2.75) is 6.04 Å². The molecule has 1 N–H and O–H groups in total. The molecule has 0 radical (unpaired) electrons. The number of carbonyl (C=O) groups is 1. The molecule has 0 saturated carbocycles. The molecule has 0 unspecified atom stereocenters. The predicted molar refractivity (Wildman–Crippen MR) is 137 cm³/mol. The molecule has 0 spiro atoms. The molecule has 178 valence electrons. The van der Waals surface area contributed by atoms with Gasteiger partial charge in [0.1, 0.15) is 11.8 Å². The smallest absolute Gasteiger partial charge is 0.286 e. The average Bonchev–Trinajstić information content (AvgIpc) is 3.27. The van der Waals surface area contributed by atoms with Gasteiger partial charge in [0, 0.05) is 11.1 Å². The number of hydrogen-bond acceptors (Lipinski definition) is 5. The Morgan fingerprint density at radius 2 is 1.63 bits per heavy atom. The van der Waals surface area contributed by atoms with Gasteiger partial charge in [-0.1, -0.05) is 78.5 Å². The summed E-state index contributed by atoms with van der Waals surface area (Å²) in [6.07, 6.45) is 1.77. The van der Waals surface area contributed by atoms with Gasteiger partial charge in [-0.15, -0.1) is 0 Å². The highest BCUT2D eigenvalue weighted by atomic mass is 32.2. The summed E-state index contributed by atoms with van der Waals surface area (Å²) in [5.41, 5.74) is 3.38. The van der Waals surface area contributed by atoms with Crippen molar-refractivity contribution in [3.8, 4) is 11.5 Å². The Morgan fingerprint density at radius 3 is 2.23 bits per heavy atom. The first kappa shape index (κ1) is 23.2. The Morgan fingerprint density at radius 1 is 1.00 bits per heavy atom. The van der Waals surface area contributed by atoms with E-state index in [9.17, 15) is 9.90 Å². The van der Waals surface area contributed by atoms with Crippen LogP contribution in [-0.4, -0.2) is 49.3 Å². The van der Waals surface area contributed by atoms with Crippen LogP contribution in [-0.2, 0) is 4.79 Å². The first-order chi connectivity index (χ1) is 17.1. The molecule has 0 bridgehead atoms. The van der Waals surface area contributed by atoms with Crippen molar-refractivity contribution in [1.82, 2.24) is 4.90 Å². The van der Waals surface area contributed by atoms with Crippen molar-refractivity contribution in [2.24, 2.45) is 4.99 Å². The van der Waals surface area contributed by atoms with Crippen LogP contribution in [0, 0.1) is 0 Å². The molecule has 7 heteroatoms. The summed E-state index contributed by atoms with van der Waals surface area (Å²) in [5.74, 6) is -0.153. The summed E-state index contributed by atoms with van der Waals surface area (Å²) in [7, 11) is 1.46. The SMILES string of the molecule is COc1cc(C=C2SC(N3CC[NH+](C(c4ccccc4)c4ccccc4)CC3)=NC2=O)ccc1[O-]. The molecule has 2 heterocycles. The third-order valence-electron chi connectivity index (χ3n) is 6.44. The van der Waals surface area contributed by atoms with Gasteiger partial charge in [-0.2, -0.15) is 4.99 Å². The van der Waals surface area contributed by atoms with Gasteiger partial charge >= 0.3 is 0 Å². The zero-order chi connectivity index (χ0) is 24.2. The Kier molecular flexibility index (Phi) is 6.88. The van der Waals surface area contributed by atoms with Crippen LogP contribution >= 0.6 is 11.8 Å². The highest BCUT2D eigenvalue weighted by Crippen LogP contribution is 2.32. The topological polar surface area (TPSA) is 69.4 Å². The van der Waals surface area contributed by atoms with Crippen molar-refractivity contribution >= 4 is 28.9 Å². The van der Waals surface area contributed by atoms with Gasteiger partial charge in [0.05, 0.1) is 38.2 Å². The number of nitrogens with one attached hydrogen (secondary N) is 1. The molecule has 3 aromatic rings. The van der Waals surface area contributed by atoms with E-state index in [2.05, 4.69) is 70.6 Å². The van der Waals surface area contributed by atoms with Crippen LogP contribution < -0.4 is 14.7 Å². The Hall–Kier alpha value is -3.55. The van der Waals surface area contributed by atoms with Crippen LogP contribution in [0.2, 0.25) is 0 Å². The number of ether oxygens (including phenoxy) is 1. The zero-order valence-electron chi connectivity index (χ0n) is 19.5. The fourth-order valence-electron chi connectivity index (χ4n) is 4.69. The van der Waals surface area contributed by atoms with Crippen LogP contribution in [0.1, 0.15) is 22.7 Å². The quantitative estimate of drug-likeness (QED) is 0.563.